The molecule has 10 rings (SSSR count). The van der Waals surface area contributed by atoms with E-state index in [0.29, 0.717) is 17.8 Å². The summed E-state index contributed by atoms with van der Waals surface area (Å²) in [4.78, 5) is 44.7. The Morgan fingerprint density at radius 3 is 1.63 bits per heavy atom. The van der Waals surface area contributed by atoms with Crippen LogP contribution in [0, 0.1) is 25.7 Å². The minimum Gasteiger partial charge on any atom is -0.378 e. The van der Waals surface area contributed by atoms with Gasteiger partial charge in [0.05, 0.1) is 32.1 Å². The molecule has 4 amide bonds. The van der Waals surface area contributed by atoms with Crippen molar-refractivity contribution >= 4 is 40.6 Å². The lowest BCUT2D eigenvalue weighted by atomic mass is 9.85. The summed E-state index contributed by atoms with van der Waals surface area (Å²) in [7, 11) is 0. The highest BCUT2D eigenvalue weighted by atomic mass is 16.5. The Bertz CT molecular complexity index is 2420. The third kappa shape index (κ3) is 12.3. The number of ether oxygens (including phenoxy) is 2. The fourth-order valence-corrected chi connectivity index (χ4v) is 11.2. The molecule has 2 aliphatic carbocycles. The zero-order valence-corrected chi connectivity index (χ0v) is 42.6. The van der Waals surface area contributed by atoms with Crippen LogP contribution in [0.1, 0.15) is 126 Å². The molecule has 0 spiro atoms. The maximum atomic E-state index is 12.9. The summed E-state index contributed by atoms with van der Waals surface area (Å²) in [5, 5.41) is 6.32. The first-order valence-electron chi connectivity index (χ1n) is 26.9. The van der Waals surface area contributed by atoms with E-state index >= 15 is 0 Å². The summed E-state index contributed by atoms with van der Waals surface area (Å²) < 4.78 is 11.2. The molecule has 0 radical (unpaired) electrons. The summed E-state index contributed by atoms with van der Waals surface area (Å²) in [6, 6.07) is 21.5. The van der Waals surface area contributed by atoms with Crippen molar-refractivity contribution in [1.29, 1.82) is 0 Å². The van der Waals surface area contributed by atoms with E-state index in [0.717, 1.165) is 157 Å². The summed E-state index contributed by atoms with van der Waals surface area (Å²) in [5.41, 5.74) is 12.4. The number of aryl methyl sites for hydroxylation is 2. The van der Waals surface area contributed by atoms with Crippen LogP contribution >= 0.6 is 0 Å². The van der Waals surface area contributed by atoms with Gasteiger partial charge in [-0.25, -0.2) is 19.6 Å². The number of carbonyl (C=O) groups is 2. The Morgan fingerprint density at radius 2 is 1.13 bits per heavy atom. The molecule has 2 aromatic carbocycles. The maximum Gasteiger partial charge on any atom is 0.321 e. The number of hydrogen-bond donors (Lipinski definition) is 2. The highest BCUT2D eigenvalue weighted by molar-refractivity contribution is 5.92. The summed E-state index contributed by atoms with van der Waals surface area (Å²) in [6.07, 6.45) is 17.9. The van der Waals surface area contributed by atoms with Crippen molar-refractivity contribution < 1.29 is 19.1 Å². The van der Waals surface area contributed by atoms with Crippen molar-refractivity contribution in [3.05, 3.63) is 89.3 Å². The number of amides is 4. The molecule has 2 atom stereocenters. The molecule has 6 aliphatic rings. The average Bonchev–Trinajstić information content (AvgIpc) is 4.12. The molecular weight excluding hydrogens is 873 g/mol. The number of aromatic nitrogens is 2. The topological polar surface area (TPSA) is 115 Å². The molecule has 0 unspecified atom stereocenters. The lowest BCUT2D eigenvalue weighted by molar-refractivity contribution is 0.122. The first-order valence-corrected chi connectivity index (χ1v) is 26.9. The Balaban J connectivity index is 0.000000174. The monoisotopic (exact) mass is 951 g/mol. The van der Waals surface area contributed by atoms with E-state index in [1.807, 2.05) is 21.9 Å². The maximum absolute atomic E-state index is 12.9. The molecule has 12 heteroatoms. The van der Waals surface area contributed by atoms with E-state index in [4.69, 9.17) is 19.4 Å². The quantitative estimate of drug-likeness (QED) is 0.162. The van der Waals surface area contributed by atoms with Crippen LogP contribution < -0.4 is 20.4 Å². The van der Waals surface area contributed by atoms with Gasteiger partial charge >= 0.3 is 12.1 Å². The van der Waals surface area contributed by atoms with E-state index in [9.17, 15) is 9.59 Å². The molecule has 4 saturated heterocycles. The predicted molar refractivity (Wildman–Crippen MR) is 285 cm³/mol. The number of rotatable bonds is 10. The van der Waals surface area contributed by atoms with Gasteiger partial charge < -0.3 is 39.7 Å². The zero-order chi connectivity index (χ0) is 48.4. The second-order valence-corrected chi connectivity index (χ2v) is 20.7. The van der Waals surface area contributed by atoms with Gasteiger partial charge in [0.25, 0.3) is 0 Å². The molecule has 2 N–H and O–H groups in total. The van der Waals surface area contributed by atoms with Gasteiger partial charge in [0, 0.05) is 75.3 Å². The second-order valence-electron chi connectivity index (χ2n) is 20.7. The van der Waals surface area contributed by atoms with Crippen molar-refractivity contribution in [3.8, 4) is 22.3 Å². The SMILES string of the molecule is CC[C@@H]1CCN(C(=O)Nc2ccc(C)c(-c3cc(C4=CCCCC4)nc(N4CCOCC4)c3)c2)C1.CC[C@@H]1CCN(C(=O)Nc2ccc(C)c(-c3cc(C4CCCCC4)nc(N4CCOCC4)c3)c2)C1. The van der Waals surface area contributed by atoms with Gasteiger partial charge in [-0.1, -0.05) is 64.2 Å². The number of nitrogens with one attached hydrogen (secondary N) is 2. The molecule has 4 aliphatic heterocycles. The first kappa shape index (κ1) is 49.5. The van der Waals surface area contributed by atoms with Crippen molar-refractivity contribution in [2.45, 2.75) is 117 Å². The fraction of sp³-hybridized carbons (Fsp3) is 0.552. The minimum atomic E-state index is 0.00698. The fourth-order valence-electron chi connectivity index (χ4n) is 11.2. The van der Waals surface area contributed by atoms with Crippen LogP contribution in [0.25, 0.3) is 27.8 Å². The van der Waals surface area contributed by atoms with Crippen LogP contribution in [-0.2, 0) is 9.47 Å². The number of carbonyl (C=O) groups excluding carboxylic acids is 2. The Labute approximate surface area is 417 Å². The van der Waals surface area contributed by atoms with Crippen LogP contribution in [0.3, 0.4) is 0 Å². The van der Waals surface area contributed by atoms with Gasteiger partial charge in [0.1, 0.15) is 11.6 Å². The smallest absolute Gasteiger partial charge is 0.321 e. The van der Waals surface area contributed by atoms with Gasteiger partial charge in [-0.15, -0.1) is 0 Å². The van der Waals surface area contributed by atoms with Crippen molar-refractivity contribution in [3.63, 3.8) is 0 Å². The van der Waals surface area contributed by atoms with Crippen molar-refractivity contribution in [2.24, 2.45) is 11.8 Å². The van der Waals surface area contributed by atoms with E-state index in [-0.39, 0.29) is 12.1 Å². The van der Waals surface area contributed by atoms with Crippen LogP contribution in [0.4, 0.5) is 32.6 Å². The molecule has 2 aromatic heterocycles. The minimum absolute atomic E-state index is 0.00698. The molecule has 4 aromatic rings. The highest BCUT2D eigenvalue weighted by Crippen LogP contribution is 2.38. The number of hydrogen-bond acceptors (Lipinski definition) is 8. The number of allylic oxidation sites excluding steroid dienone is 2. The Kier molecular flexibility index (Phi) is 16.7. The number of anilines is 4. The summed E-state index contributed by atoms with van der Waals surface area (Å²) in [6.45, 7) is 18.6. The standard InChI is InChI=1S/C29H40N4O2.C29H38N4O2/c2*1-3-22-11-12-33(20-22)29(34)30-25-10-9-21(2)26(19-25)24-17-27(23-7-5-4-6-8-23)31-28(18-24)32-13-15-35-16-14-32/h9-10,17-19,22-23H,3-8,11-16,20H2,1-2H3,(H,30,34);7,9-10,17-19,22H,3-6,8,11-16,20H2,1-2H3,(H,30,34)/t2*22-/m11/s1. The number of likely N-dealkylation sites (tertiary alicyclic amines) is 2. The zero-order valence-electron chi connectivity index (χ0n) is 42.6. The molecule has 5 fully saturated rings. The lowest BCUT2D eigenvalue weighted by Gasteiger charge is -2.30. The van der Waals surface area contributed by atoms with Crippen LogP contribution in [0.2, 0.25) is 0 Å². The Morgan fingerprint density at radius 1 is 0.600 bits per heavy atom. The molecule has 12 nitrogen and oxygen atoms in total. The summed E-state index contributed by atoms with van der Waals surface area (Å²) >= 11 is 0. The molecular formula is C58H78N8O4. The van der Waals surface area contributed by atoms with E-state index in [1.54, 1.807) is 0 Å². The van der Waals surface area contributed by atoms with E-state index in [1.165, 1.54) is 78.5 Å². The third-order valence-electron chi connectivity index (χ3n) is 15.9. The van der Waals surface area contributed by atoms with Gasteiger partial charge in [-0.05, 0) is 165 Å². The normalized spacial score (nSPS) is 21.0. The first-order chi connectivity index (χ1) is 34.2. The van der Waals surface area contributed by atoms with Gasteiger partial charge in [0.2, 0.25) is 0 Å². The molecule has 1 saturated carbocycles. The largest absolute Gasteiger partial charge is 0.378 e. The number of urea groups is 2. The van der Waals surface area contributed by atoms with Gasteiger partial charge in [0.15, 0.2) is 0 Å². The van der Waals surface area contributed by atoms with Crippen molar-refractivity contribution in [1.82, 2.24) is 19.8 Å². The predicted octanol–water partition coefficient (Wildman–Crippen LogP) is 12.3. The number of nitrogens with zero attached hydrogens (tertiary/aromatic N) is 6. The van der Waals surface area contributed by atoms with Crippen molar-refractivity contribution in [2.75, 3.05) is 99.2 Å². The van der Waals surface area contributed by atoms with Gasteiger partial charge in [-0.3, -0.25) is 0 Å². The third-order valence-corrected chi connectivity index (χ3v) is 15.9. The van der Waals surface area contributed by atoms with E-state index in [2.05, 4.69) is 103 Å². The Hall–Kier alpha value is -5.46. The number of morpholine rings is 2. The molecule has 70 heavy (non-hydrogen) atoms. The second kappa shape index (κ2) is 23.6. The van der Waals surface area contributed by atoms with Crippen LogP contribution in [0.5, 0.6) is 0 Å². The molecule has 374 valence electrons. The van der Waals surface area contributed by atoms with Gasteiger partial charge in [-0.2, -0.15) is 0 Å². The van der Waals surface area contributed by atoms with Crippen LogP contribution in [-0.4, -0.2) is 111 Å². The molecule has 0 bridgehead atoms. The highest BCUT2D eigenvalue weighted by Gasteiger charge is 2.28. The molecule has 6 heterocycles. The van der Waals surface area contributed by atoms with Crippen LogP contribution in [0.15, 0.2) is 66.7 Å². The summed E-state index contributed by atoms with van der Waals surface area (Å²) in [5.74, 6) is 3.86. The van der Waals surface area contributed by atoms with E-state index < -0.39 is 0 Å². The number of benzene rings is 2. The average molecular weight is 951 g/mol. The lowest BCUT2D eigenvalue weighted by Crippen LogP contribution is -2.37. The number of pyridine rings is 2.